The molecular weight excluding hydrogens is 270 g/mol. The average molecular weight is 293 g/mol. The lowest BCUT2D eigenvalue weighted by atomic mass is 10.1. The lowest BCUT2D eigenvalue weighted by Crippen LogP contribution is -2.43. The van der Waals surface area contributed by atoms with E-state index in [1.54, 1.807) is 4.90 Å². The number of hydrogen-bond acceptors (Lipinski definition) is 6. The van der Waals surface area contributed by atoms with Gasteiger partial charge in [-0.25, -0.2) is 9.97 Å². The molecule has 1 amide bonds. The fourth-order valence-corrected chi connectivity index (χ4v) is 2.30. The summed E-state index contributed by atoms with van der Waals surface area (Å²) in [6.07, 6.45) is 1.40. The van der Waals surface area contributed by atoms with Gasteiger partial charge in [0, 0.05) is 45.8 Å². The highest BCUT2D eigenvalue weighted by Gasteiger charge is 2.23. The number of hydrogen-bond donors (Lipinski definition) is 2. The Labute approximate surface area is 125 Å². The largest absolute Gasteiger partial charge is 0.374 e. The van der Waals surface area contributed by atoms with Crippen molar-refractivity contribution in [3.63, 3.8) is 0 Å². The molecule has 7 heteroatoms. The molecule has 1 aliphatic heterocycles. The molecule has 1 aromatic heterocycles. The molecule has 0 aliphatic carbocycles. The molecule has 2 N–H and O–H groups in total. The molecule has 1 aliphatic rings. The van der Waals surface area contributed by atoms with Crippen LogP contribution in [0.1, 0.15) is 25.6 Å². The molecule has 1 fully saturated rings. The van der Waals surface area contributed by atoms with Crippen molar-refractivity contribution in [1.29, 1.82) is 0 Å². The number of piperidine rings is 1. The van der Waals surface area contributed by atoms with Gasteiger partial charge in [-0.15, -0.1) is 0 Å². The molecule has 1 aromatic rings. The first-order valence-corrected chi connectivity index (χ1v) is 7.26. The maximum Gasteiger partial charge on any atom is 0.222 e. The van der Waals surface area contributed by atoms with Crippen LogP contribution < -0.4 is 10.6 Å². The predicted octanol–water partition coefficient (Wildman–Crippen LogP) is 1.09. The van der Waals surface area contributed by atoms with E-state index < -0.39 is 0 Å². The van der Waals surface area contributed by atoms with Crippen LogP contribution in [0.3, 0.4) is 0 Å². The Morgan fingerprint density at radius 3 is 2.86 bits per heavy atom. The molecule has 0 saturated carbocycles. The molecule has 0 spiro atoms. The van der Waals surface area contributed by atoms with Gasteiger partial charge in [-0.3, -0.25) is 4.79 Å². The maximum atomic E-state index is 11.5. The summed E-state index contributed by atoms with van der Waals surface area (Å²) >= 11 is 0. The van der Waals surface area contributed by atoms with Gasteiger partial charge in [0.1, 0.15) is 18.2 Å². The third-order valence-electron chi connectivity index (χ3n) is 3.44. The highest BCUT2D eigenvalue weighted by molar-refractivity contribution is 5.77. The first-order chi connectivity index (χ1) is 10.1. The Morgan fingerprint density at radius 1 is 1.43 bits per heavy atom. The SMILES string of the molecule is CCOCc1nc(NC)cc(NC2CCC(=O)N(C)C2)n1. The molecule has 0 radical (unpaired) electrons. The van der Waals surface area contributed by atoms with Crippen molar-refractivity contribution >= 4 is 17.5 Å². The number of likely N-dealkylation sites (N-methyl/N-ethyl adjacent to an activating group) is 1. The number of carbonyl (C=O) groups excluding carboxylic acids is 1. The van der Waals surface area contributed by atoms with Crippen LogP contribution in [-0.2, 0) is 16.1 Å². The summed E-state index contributed by atoms with van der Waals surface area (Å²) in [6, 6.07) is 2.08. The zero-order valence-electron chi connectivity index (χ0n) is 12.8. The number of rotatable bonds is 6. The Balaban J connectivity index is 2.06. The zero-order valence-corrected chi connectivity index (χ0v) is 12.8. The molecule has 1 atom stereocenters. The minimum atomic E-state index is 0.198. The smallest absolute Gasteiger partial charge is 0.222 e. The topological polar surface area (TPSA) is 79.4 Å². The van der Waals surface area contributed by atoms with Crippen molar-refractivity contribution in [3.8, 4) is 0 Å². The maximum absolute atomic E-state index is 11.5. The van der Waals surface area contributed by atoms with Crippen LogP contribution in [0.25, 0.3) is 0 Å². The number of nitrogens with one attached hydrogen (secondary N) is 2. The standard InChI is InChI=1S/C14H23N5O2/c1-4-21-9-13-17-11(15-2)7-12(18-13)16-10-5-6-14(20)19(3)8-10/h7,10H,4-6,8-9H2,1-3H3,(H2,15,16,17,18). The minimum Gasteiger partial charge on any atom is -0.374 e. The minimum absolute atomic E-state index is 0.198. The summed E-state index contributed by atoms with van der Waals surface area (Å²) < 4.78 is 5.36. The fourth-order valence-electron chi connectivity index (χ4n) is 2.30. The average Bonchev–Trinajstić information content (AvgIpc) is 2.48. The predicted molar refractivity (Wildman–Crippen MR) is 81.2 cm³/mol. The van der Waals surface area contributed by atoms with Crippen molar-refractivity contribution in [1.82, 2.24) is 14.9 Å². The molecule has 1 saturated heterocycles. The Kier molecular flexibility index (Phi) is 5.32. The van der Waals surface area contributed by atoms with Gasteiger partial charge in [-0.2, -0.15) is 0 Å². The van der Waals surface area contributed by atoms with E-state index in [4.69, 9.17) is 4.74 Å². The molecule has 2 heterocycles. The van der Waals surface area contributed by atoms with Gasteiger partial charge >= 0.3 is 0 Å². The molecule has 0 aromatic carbocycles. The Hall–Kier alpha value is -1.89. The van der Waals surface area contributed by atoms with Crippen molar-refractivity contribution in [2.24, 2.45) is 0 Å². The second kappa shape index (κ2) is 7.21. The van der Waals surface area contributed by atoms with Crippen LogP contribution in [0.2, 0.25) is 0 Å². The summed E-state index contributed by atoms with van der Waals surface area (Å²) in [6.45, 7) is 3.66. The van der Waals surface area contributed by atoms with E-state index in [-0.39, 0.29) is 11.9 Å². The first-order valence-electron chi connectivity index (χ1n) is 7.26. The zero-order chi connectivity index (χ0) is 15.2. The summed E-state index contributed by atoms with van der Waals surface area (Å²) in [5.41, 5.74) is 0. The second-order valence-corrected chi connectivity index (χ2v) is 5.10. The lowest BCUT2D eigenvalue weighted by Gasteiger charge is -2.30. The normalized spacial score (nSPS) is 18.7. The highest BCUT2D eigenvalue weighted by atomic mass is 16.5. The van der Waals surface area contributed by atoms with Crippen LogP contribution >= 0.6 is 0 Å². The van der Waals surface area contributed by atoms with Crippen LogP contribution in [0.15, 0.2) is 6.07 Å². The molecule has 7 nitrogen and oxygen atoms in total. The van der Waals surface area contributed by atoms with Crippen LogP contribution in [0.5, 0.6) is 0 Å². The van der Waals surface area contributed by atoms with E-state index in [0.717, 1.165) is 18.1 Å². The van der Waals surface area contributed by atoms with Crippen LogP contribution in [0, 0.1) is 0 Å². The van der Waals surface area contributed by atoms with E-state index in [2.05, 4.69) is 20.6 Å². The van der Waals surface area contributed by atoms with Crippen molar-refractivity contribution in [3.05, 3.63) is 11.9 Å². The molecule has 2 rings (SSSR count). The lowest BCUT2D eigenvalue weighted by molar-refractivity contribution is -0.132. The second-order valence-electron chi connectivity index (χ2n) is 5.10. The van der Waals surface area contributed by atoms with Gasteiger partial charge in [0.2, 0.25) is 5.91 Å². The monoisotopic (exact) mass is 293 g/mol. The van der Waals surface area contributed by atoms with Crippen LogP contribution in [-0.4, -0.2) is 54.1 Å². The fraction of sp³-hybridized carbons (Fsp3) is 0.643. The Morgan fingerprint density at radius 2 is 2.19 bits per heavy atom. The van der Waals surface area contributed by atoms with E-state index in [0.29, 0.717) is 32.0 Å². The van der Waals surface area contributed by atoms with Gasteiger partial charge in [-0.1, -0.05) is 0 Å². The quantitative estimate of drug-likeness (QED) is 0.817. The number of carbonyl (C=O) groups is 1. The number of aromatic nitrogens is 2. The number of likely N-dealkylation sites (tertiary alicyclic amines) is 1. The van der Waals surface area contributed by atoms with Gasteiger partial charge in [0.05, 0.1) is 0 Å². The summed E-state index contributed by atoms with van der Waals surface area (Å²) in [4.78, 5) is 22.1. The number of ether oxygens (including phenoxy) is 1. The summed E-state index contributed by atoms with van der Waals surface area (Å²) in [7, 11) is 3.65. The summed E-state index contributed by atoms with van der Waals surface area (Å²) in [5.74, 6) is 2.36. The third-order valence-corrected chi connectivity index (χ3v) is 3.44. The van der Waals surface area contributed by atoms with E-state index in [9.17, 15) is 4.79 Å². The first kappa shape index (κ1) is 15.5. The van der Waals surface area contributed by atoms with E-state index in [1.807, 2.05) is 27.1 Å². The van der Waals surface area contributed by atoms with E-state index >= 15 is 0 Å². The van der Waals surface area contributed by atoms with Gasteiger partial charge < -0.3 is 20.3 Å². The number of amides is 1. The molecule has 21 heavy (non-hydrogen) atoms. The van der Waals surface area contributed by atoms with Crippen molar-refractivity contribution in [2.45, 2.75) is 32.4 Å². The van der Waals surface area contributed by atoms with Crippen LogP contribution in [0.4, 0.5) is 11.6 Å². The third kappa shape index (κ3) is 4.29. The van der Waals surface area contributed by atoms with Crippen molar-refractivity contribution < 1.29 is 9.53 Å². The Bertz CT molecular complexity index is 494. The van der Waals surface area contributed by atoms with Gasteiger partial charge in [0.15, 0.2) is 5.82 Å². The van der Waals surface area contributed by atoms with Gasteiger partial charge in [0.25, 0.3) is 0 Å². The number of nitrogens with zero attached hydrogens (tertiary/aromatic N) is 3. The summed E-state index contributed by atoms with van der Waals surface area (Å²) in [5, 5.41) is 6.41. The van der Waals surface area contributed by atoms with Crippen molar-refractivity contribution in [2.75, 3.05) is 37.9 Å². The molecule has 116 valence electrons. The van der Waals surface area contributed by atoms with E-state index in [1.165, 1.54) is 0 Å². The van der Waals surface area contributed by atoms with Gasteiger partial charge in [-0.05, 0) is 13.3 Å². The molecule has 1 unspecified atom stereocenters. The molecule has 0 bridgehead atoms. The highest BCUT2D eigenvalue weighted by Crippen LogP contribution is 2.17. The number of anilines is 2. The molecular formula is C14H23N5O2.